The molecule has 0 unspecified atom stereocenters. The molecule has 0 atom stereocenters. The summed E-state index contributed by atoms with van der Waals surface area (Å²) in [6.45, 7) is 8.68. The molecule has 0 spiro atoms. The molecule has 0 radical (unpaired) electrons. The molecule has 8 heteroatoms. The van der Waals surface area contributed by atoms with Crippen molar-refractivity contribution in [3.8, 4) is 34.1 Å². The molecule has 0 aliphatic rings. The van der Waals surface area contributed by atoms with Gasteiger partial charge in [0.15, 0.2) is 23.0 Å². The summed E-state index contributed by atoms with van der Waals surface area (Å²) in [6.07, 6.45) is 12.6. The van der Waals surface area contributed by atoms with E-state index in [1.807, 2.05) is 0 Å². The highest BCUT2D eigenvalue weighted by Crippen LogP contribution is 2.51. The van der Waals surface area contributed by atoms with Crippen molar-refractivity contribution in [1.82, 2.24) is 0 Å². The molecular formula is C34H50N2O6. The van der Waals surface area contributed by atoms with Gasteiger partial charge >= 0.3 is 0 Å². The van der Waals surface area contributed by atoms with Gasteiger partial charge in [-0.2, -0.15) is 0 Å². The zero-order chi connectivity index (χ0) is 31.1. The first-order chi connectivity index (χ1) is 20.1. The number of hydrogen-bond donors (Lipinski definition) is 4. The highest BCUT2D eigenvalue weighted by Gasteiger charge is 2.26. The van der Waals surface area contributed by atoms with Gasteiger partial charge in [0.05, 0.1) is 36.7 Å². The fraction of sp³-hybridized carbons (Fsp3) is 0.529. The Hall–Kier alpha value is -3.68. The van der Waals surface area contributed by atoms with Crippen LogP contribution in [0.4, 0.5) is 11.4 Å². The summed E-state index contributed by atoms with van der Waals surface area (Å²) in [5.74, 6) is 0.647. The molecule has 42 heavy (non-hydrogen) atoms. The third-order valence-electron chi connectivity index (χ3n) is 6.96. The average molecular weight is 583 g/mol. The van der Waals surface area contributed by atoms with Crippen LogP contribution in [-0.2, 0) is 9.59 Å². The molecule has 232 valence electrons. The van der Waals surface area contributed by atoms with Crippen LogP contribution < -0.4 is 20.1 Å². The lowest BCUT2D eigenvalue weighted by Crippen LogP contribution is -2.14. The highest BCUT2D eigenvalue weighted by atomic mass is 16.5. The molecule has 2 aromatic rings. The van der Waals surface area contributed by atoms with E-state index in [2.05, 4.69) is 50.5 Å². The molecule has 0 fully saturated rings. The Balaban J connectivity index is 2.31. The van der Waals surface area contributed by atoms with E-state index in [9.17, 15) is 19.8 Å². The normalized spacial score (nSPS) is 11.3. The maximum Gasteiger partial charge on any atom is 0.224 e. The number of rotatable bonds is 18. The van der Waals surface area contributed by atoms with Gasteiger partial charge in [-0.15, -0.1) is 0 Å². The fourth-order valence-corrected chi connectivity index (χ4v) is 4.79. The van der Waals surface area contributed by atoms with Gasteiger partial charge in [0.2, 0.25) is 11.8 Å². The molecule has 0 bridgehead atoms. The predicted octanol–water partition coefficient (Wildman–Crippen LogP) is 8.43. The zero-order valence-electron chi connectivity index (χ0n) is 26.2. The number of benzene rings is 2. The van der Waals surface area contributed by atoms with Crippen LogP contribution in [0, 0.1) is 11.8 Å². The zero-order valence-corrected chi connectivity index (χ0v) is 26.2. The molecule has 0 heterocycles. The number of nitrogens with one attached hydrogen (secondary N) is 2. The van der Waals surface area contributed by atoms with Crippen molar-refractivity contribution in [3.63, 3.8) is 0 Å². The molecule has 8 nitrogen and oxygen atoms in total. The summed E-state index contributed by atoms with van der Waals surface area (Å²) in [5.41, 5.74) is 1.32. The number of unbranched alkanes of at least 4 members (excludes halogenated alkanes) is 5. The average Bonchev–Trinajstić information content (AvgIpc) is 2.93. The molecule has 0 aliphatic heterocycles. The van der Waals surface area contributed by atoms with E-state index < -0.39 is 0 Å². The number of ether oxygens (including phenoxy) is 2. The summed E-state index contributed by atoms with van der Waals surface area (Å²) < 4.78 is 11.1. The summed E-state index contributed by atoms with van der Waals surface area (Å²) in [6, 6.07) is 6.02. The standard InChI is InChI=1S/C34H50N2O6/c1-23(2)15-11-7-9-13-17-29(39)35-25-19-21-27(37)33(41-5)31(25)32-26(20-22-28(38)34(32)42-6)36-30(40)18-14-10-8-12-16-24(3)4/h11,15,19-24,37-38H,7-10,12-14,16-18H2,1-6H3,(H,35,39)(H,36,40)/b15-11+. The molecule has 2 amide bonds. The molecule has 0 aliphatic carbocycles. The monoisotopic (exact) mass is 582 g/mol. The van der Waals surface area contributed by atoms with Crippen molar-refractivity contribution in [2.24, 2.45) is 11.8 Å². The Labute approximate surface area is 251 Å². The van der Waals surface area contributed by atoms with Gasteiger partial charge in [-0.1, -0.05) is 65.5 Å². The Kier molecular flexibility index (Phi) is 14.8. The van der Waals surface area contributed by atoms with E-state index in [0.29, 0.717) is 53.6 Å². The first kappa shape index (κ1) is 34.5. The largest absolute Gasteiger partial charge is 0.504 e. The van der Waals surface area contributed by atoms with Crippen molar-refractivity contribution in [3.05, 3.63) is 36.4 Å². The lowest BCUT2D eigenvalue weighted by molar-refractivity contribution is -0.117. The molecule has 2 rings (SSSR count). The van der Waals surface area contributed by atoms with Crippen LogP contribution in [0.15, 0.2) is 36.4 Å². The van der Waals surface area contributed by atoms with Crippen LogP contribution >= 0.6 is 0 Å². The first-order valence-corrected chi connectivity index (χ1v) is 15.2. The van der Waals surface area contributed by atoms with E-state index in [1.54, 1.807) is 12.1 Å². The first-order valence-electron chi connectivity index (χ1n) is 15.2. The summed E-state index contributed by atoms with van der Waals surface area (Å²) in [4.78, 5) is 25.9. The Bertz CT molecular complexity index is 1190. The second kappa shape index (κ2) is 18.0. The lowest BCUT2D eigenvalue weighted by Gasteiger charge is -2.21. The number of phenols is 2. The van der Waals surface area contributed by atoms with E-state index in [0.717, 1.165) is 38.5 Å². The molecule has 0 saturated carbocycles. The Morgan fingerprint density at radius 3 is 1.67 bits per heavy atom. The van der Waals surface area contributed by atoms with E-state index in [-0.39, 0.29) is 34.8 Å². The van der Waals surface area contributed by atoms with Crippen LogP contribution in [0.25, 0.3) is 11.1 Å². The van der Waals surface area contributed by atoms with Crippen LogP contribution in [0.3, 0.4) is 0 Å². The Morgan fingerprint density at radius 1 is 0.738 bits per heavy atom. The summed E-state index contributed by atoms with van der Waals surface area (Å²) >= 11 is 0. The smallest absolute Gasteiger partial charge is 0.224 e. The molecule has 0 aromatic heterocycles. The van der Waals surface area contributed by atoms with Crippen LogP contribution in [0.1, 0.15) is 91.9 Å². The SMILES string of the molecule is COc1c(O)ccc(NC(=O)CCCC/C=C/C(C)C)c1-c1c(NC(=O)CCCCCCC(C)C)ccc(O)c1OC. The van der Waals surface area contributed by atoms with Gasteiger partial charge in [-0.3, -0.25) is 9.59 Å². The molecule has 0 saturated heterocycles. The number of phenolic OH excluding ortho intramolecular Hbond substituents is 2. The minimum Gasteiger partial charge on any atom is -0.504 e. The predicted molar refractivity (Wildman–Crippen MR) is 171 cm³/mol. The molecule has 4 N–H and O–H groups in total. The van der Waals surface area contributed by atoms with Gasteiger partial charge in [0.1, 0.15) is 0 Å². The van der Waals surface area contributed by atoms with E-state index >= 15 is 0 Å². The number of amides is 2. The van der Waals surface area contributed by atoms with Crippen LogP contribution in [0.2, 0.25) is 0 Å². The number of aromatic hydroxyl groups is 2. The summed E-state index contributed by atoms with van der Waals surface area (Å²) in [7, 11) is 2.81. The van der Waals surface area contributed by atoms with E-state index in [4.69, 9.17) is 9.47 Å². The van der Waals surface area contributed by atoms with Crippen molar-refractivity contribution in [2.45, 2.75) is 91.9 Å². The van der Waals surface area contributed by atoms with E-state index in [1.165, 1.54) is 32.8 Å². The highest BCUT2D eigenvalue weighted by molar-refractivity contribution is 6.05. The minimum atomic E-state index is -0.195. The second-order valence-electron chi connectivity index (χ2n) is 11.4. The van der Waals surface area contributed by atoms with Gasteiger partial charge in [-0.25, -0.2) is 0 Å². The van der Waals surface area contributed by atoms with Crippen molar-refractivity contribution < 1.29 is 29.3 Å². The number of anilines is 2. The number of allylic oxidation sites excluding steroid dienone is 2. The van der Waals surface area contributed by atoms with Gasteiger partial charge < -0.3 is 30.3 Å². The third-order valence-corrected chi connectivity index (χ3v) is 6.96. The summed E-state index contributed by atoms with van der Waals surface area (Å²) in [5, 5.41) is 27.2. The topological polar surface area (TPSA) is 117 Å². The number of hydrogen-bond acceptors (Lipinski definition) is 6. The van der Waals surface area contributed by atoms with Crippen molar-refractivity contribution in [1.29, 1.82) is 0 Å². The minimum absolute atomic E-state index is 0.0798. The Morgan fingerprint density at radius 2 is 1.21 bits per heavy atom. The number of carbonyl (C=O) groups excluding carboxylic acids is 2. The lowest BCUT2D eigenvalue weighted by atomic mass is 9.97. The molecular weight excluding hydrogens is 532 g/mol. The number of methoxy groups -OCH3 is 2. The fourth-order valence-electron chi connectivity index (χ4n) is 4.79. The third kappa shape index (κ3) is 11.0. The van der Waals surface area contributed by atoms with Crippen LogP contribution in [-0.4, -0.2) is 36.2 Å². The van der Waals surface area contributed by atoms with Gasteiger partial charge in [-0.05, 0) is 61.8 Å². The van der Waals surface area contributed by atoms with Crippen LogP contribution in [0.5, 0.6) is 23.0 Å². The number of carbonyl (C=O) groups is 2. The maximum atomic E-state index is 13.0. The maximum absolute atomic E-state index is 13.0. The molecule has 2 aromatic carbocycles. The van der Waals surface area contributed by atoms with Crippen molar-refractivity contribution >= 4 is 23.2 Å². The van der Waals surface area contributed by atoms with Crippen molar-refractivity contribution in [2.75, 3.05) is 24.9 Å². The second-order valence-corrected chi connectivity index (χ2v) is 11.4. The van der Waals surface area contributed by atoms with Gasteiger partial charge in [0, 0.05) is 12.8 Å². The quantitative estimate of drug-likeness (QED) is 0.0796. The van der Waals surface area contributed by atoms with Gasteiger partial charge in [0.25, 0.3) is 0 Å².